The summed E-state index contributed by atoms with van der Waals surface area (Å²) < 4.78 is 40.3. The Labute approximate surface area is 518 Å². The Balaban J connectivity index is 0.629. The van der Waals surface area contributed by atoms with E-state index in [2.05, 4.69) is 34.4 Å². The van der Waals surface area contributed by atoms with Crippen LogP contribution >= 0.6 is 0 Å². The topological polar surface area (TPSA) is 275 Å². The van der Waals surface area contributed by atoms with Crippen molar-refractivity contribution < 1.29 is 61.9 Å². The number of benzene rings is 3. The van der Waals surface area contributed by atoms with Gasteiger partial charge in [-0.1, -0.05) is 70.6 Å². The van der Waals surface area contributed by atoms with Crippen LogP contribution in [-0.2, 0) is 32.0 Å². The zero-order valence-electron chi connectivity index (χ0n) is 51.8. The first-order chi connectivity index (χ1) is 43.1. The average Bonchev–Trinajstić information content (AvgIpc) is 2.54. The minimum absolute atomic E-state index is 0.00272. The van der Waals surface area contributed by atoms with E-state index in [4.69, 9.17) is 43.4 Å². The summed E-state index contributed by atoms with van der Waals surface area (Å²) in [4.78, 5) is 98.8. The first-order valence-electron chi connectivity index (χ1n) is 30.2. The summed E-state index contributed by atoms with van der Waals surface area (Å²) in [5.74, 6) is 2.68. The van der Waals surface area contributed by atoms with E-state index < -0.39 is 24.4 Å². The molecule has 2 atom stereocenters. The molecule has 89 heavy (non-hydrogen) atoms. The van der Waals surface area contributed by atoms with Gasteiger partial charge in [-0.05, 0) is 90.6 Å². The fourth-order valence-corrected chi connectivity index (χ4v) is 10.6. The van der Waals surface area contributed by atoms with Crippen molar-refractivity contribution in [2.75, 3.05) is 105 Å². The second kappa shape index (κ2) is 31.9. The molecule has 6 aromatic rings. The van der Waals surface area contributed by atoms with E-state index in [9.17, 15) is 28.8 Å². The van der Waals surface area contributed by atoms with Gasteiger partial charge in [0.25, 0.3) is 0 Å². The van der Waals surface area contributed by atoms with Crippen molar-refractivity contribution in [3.8, 4) is 40.3 Å². The van der Waals surface area contributed by atoms with Crippen LogP contribution in [0.3, 0.4) is 0 Å². The number of methoxy groups -OCH3 is 1. The quantitative estimate of drug-likeness (QED) is 0.0358. The molecule has 0 saturated carbocycles. The van der Waals surface area contributed by atoms with Crippen LogP contribution in [-0.4, -0.2) is 176 Å². The lowest BCUT2D eigenvalue weighted by atomic mass is 9.92. The number of nitrogens with one attached hydrogen (secondary N) is 2. The minimum Gasteiger partial charge on any atom is -0.493 e. The van der Waals surface area contributed by atoms with Gasteiger partial charge in [0, 0.05) is 96.5 Å². The summed E-state index contributed by atoms with van der Waals surface area (Å²) >= 11 is 0. The molecule has 474 valence electrons. The lowest BCUT2D eigenvalue weighted by molar-refractivity contribution is -0.131. The van der Waals surface area contributed by atoms with Crippen molar-refractivity contribution >= 4 is 69.6 Å². The summed E-state index contributed by atoms with van der Waals surface area (Å²) in [5.41, 5.74) is 4.40. The van der Waals surface area contributed by atoms with Crippen LogP contribution in [0.1, 0.15) is 89.2 Å². The number of carbonyl (C=O) groups is 6. The lowest BCUT2D eigenvalue weighted by Crippen LogP contribution is -2.52. The second-order valence-electron chi connectivity index (χ2n) is 22.2. The number of anilines is 2. The molecule has 6 amide bonds. The summed E-state index contributed by atoms with van der Waals surface area (Å²) in [7, 11) is 8.22. The number of fused-ring (bicyclic) bond motifs is 3. The molecular weight excluding hydrogens is 1140 g/mol. The number of amides is 6. The number of nitrogens with zero attached hydrogens (tertiary/aromatic N) is 10. The van der Waals surface area contributed by atoms with Crippen LogP contribution in [0.2, 0.25) is 0 Å². The van der Waals surface area contributed by atoms with Gasteiger partial charge in [0.1, 0.15) is 25.2 Å². The molecule has 0 unspecified atom stereocenters. The number of nitriles is 1. The van der Waals surface area contributed by atoms with Gasteiger partial charge in [0.15, 0.2) is 28.6 Å². The van der Waals surface area contributed by atoms with Gasteiger partial charge < -0.3 is 63.0 Å². The first-order valence-corrected chi connectivity index (χ1v) is 30.2. The molecular formula is C64H80N12O13. The van der Waals surface area contributed by atoms with E-state index in [0.29, 0.717) is 63.8 Å². The molecule has 8 rings (SSSR count). The molecule has 2 aliphatic rings. The van der Waals surface area contributed by atoms with Crippen LogP contribution in [0, 0.1) is 17.2 Å². The van der Waals surface area contributed by atoms with Gasteiger partial charge in [-0.25, -0.2) is 33.9 Å². The van der Waals surface area contributed by atoms with Crippen molar-refractivity contribution in [3.05, 3.63) is 90.5 Å². The second-order valence-corrected chi connectivity index (χ2v) is 22.2. The fourth-order valence-electron chi connectivity index (χ4n) is 10.6. The van der Waals surface area contributed by atoms with Crippen LogP contribution in [0.4, 0.5) is 35.5 Å². The van der Waals surface area contributed by atoms with Crippen molar-refractivity contribution in [1.29, 1.82) is 5.26 Å². The number of aromatic nitrogens is 4. The standard InChI is InChI=1S/C64H80N12O13/c1-8-45-36-54-55(88-42-87-54)37-49(45)51-35-46-19-22-53(83-7)57(50(46)38-67-51)89-64(82)72(4)30-27-66-60(78)84-33-15-13-11-9-10-12-14-16-34-85-61(79)70-47-20-17-44(18-21-47)40-86-63(81)73(5)32-31-71(3)62(80)76-29-25-48-58(68-41-69-59(48)76)74(6)52-39-75(28-24-43(52)2)56(77)23-26-65/h17-22,25,29,35-38,41,43,52H,8-16,23-24,27-28,30-34,39-40,42H2,1-7H3,(H,66,78)(H,70,79)/t43-,52+/m1/s1. The normalized spacial score (nSPS) is 14.1. The Hall–Kier alpha value is -9.60. The number of hydrogen-bond donors (Lipinski definition) is 2. The number of aryl methyl sites for hydroxylation is 1. The molecule has 25 nitrogen and oxygen atoms in total. The van der Waals surface area contributed by atoms with Crippen LogP contribution in [0.5, 0.6) is 23.0 Å². The highest BCUT2D eigenvalue weighted by atomic mass is 16.7. The smallest absolute Gasteiger partial charge is 0.415 e. The predicted octanol–water partition coefficient (Wildman–Crippen LogP) is 10.2. The average molecular weight is 1230 g/mol. The van der Waals surface area contributed by atoms with Crippen molar-refractivity contribution in [3.63, 3.8) is 0 Å². The van der Waals surface area contributed by atoms with Crippen LogP contribution in [0.25, 0.3) is 33.1 Å². The van der Waals surface area contributed by atoms with Crippen LogP contribution in [0.15, 0.2) is 79.4 Å². The van der Waals surface area contributed by atoms with E-state index >= 15 is 0 Å². The molecule has 0 bridgehead atoms. The number of likely N-dealkylation sites (tertiary alicyclic amines) is 1. The third-order valence-electron chi connectivity index (χ3n) is 16.0. The van der Waals surface area contributed by atoms with Crippen molar-refractivity contribution in [1.82, 2.24) is 44.4 Å². The highest BCUT2D eigenvalue weighted by Crippen LogP contribution is 2.41. The van der Waals surface area contributed by atoms with Crippen molar-refractivity contribution in [2.24, 2.45) is 5.92 Å². The molecule has 2 aliphatic heterocycles. The number of rotatable bonds is 27. The zero-order valence-corrected chi connectivity index (χ0v) is 51.8. The van der Waals surface area contributed by atoms with Crippen molar-refractivity contribution in [2.45, 2.75) is 97.1 Å². The SMILES string of the molecule is CCc1cc2c(cc1-c1cc3ccc(OC)c(OC(=O)N(C)CCNC(=O)OCCCCCCCCCCOC(=O)Nc4ccc(COC(=O)N(C)CCN(C)C(=O)n5ccc6c(N(C)[C@H]7CN(C(=O)CC#N)CC[C@H]7C)ncnc65)cc4)c3cn1)OCO2. The number of hydrogen-bond acceptors (Lipinski definition) is 18. The Kier molecular flexibility index (Phi) is 23.4. The van der Waals surface area contributed by atoms with E-state index in [-0.39, 0.29) is 88.9 Å². The van der Waals surface area contributed by atoms with Gasteiger partial charge in [-0.2, -0.15) is 5.26 Å². The number of pyridine rings is 1. The predicted molar refractivity (Wildman–Crippen MR) is 332 cm³/mol. The van der Waals surface area contributed by atoms with E-state index in [1.54, 1.807) is 74.8 Å². The zero-order chi connectivity index (χ0) is 63.4. The summed E-state index contributed by atoms with van der Waals surface area (Å²) in [6.07, 6.45) is 11.2. The molecule has 1 fully saturated rings. The number of carbonyl (C=O) groups excluding carboxylic acids is 6. The molecule has 5 heterocycles. The van der Waals surface area contributed by atoms with E-state index in [0.717, 1.165) is 86.4 Å². The third-order valence-corrected chi connectivity index (χ3v) is 16.0. The maximum atomic E-state index is 13.6. The molecule has 1 saturated heterocycles. The maximum Gasteiger partial charge on any atom is 0.415 e. The molecule has 0 aliphatic carbocycles. The summed E-state index contributed by atoms with van der Waals surface area (Å²) in [5, 5.41) is 16.5. The van der Waals surface area contributed by atoms with Gasteiger partial charge in [0.05, 0.1) is 43.5 Å². The Morgan fingerprint density at radius 2 is 1.45 bits per heavy atom. The fraction of sp³-hybridized carbons (Fsp3) is 0.469. The Bertz CT molecular complexity index is 3480. The molecule has 0 radical (unpaired) electrons. The lowest BCUT2D eigenvalue weighted by Gasteiger charge is -2.42. The van der Waals surface area contributed by atoms with Gasteiger partial charge >= 0.3 is 30.4 Å². The number of alkyl carbamates (subject to hydrolysis) is 1. The molecule has 2 N–H and O–H groups in total. The molecule has 3 aromatic heterocycles. The molecule has 0 spiro atoms. The monoisotopic (exact) mass is 1220 g/mol. The number of unbranched alkanes of at least 4 members (excludes halogenated alkanes) is 7. The number of piperidine rings is 1. The maximum absolute atomic E-state index is 13.6. The van der Waals surface area contributed by atoms with Gasteiger partial charge in [0.2, 0.25) is 12.7 Å². The highest BCUT2D eigenvalue weighted by molar-refractivity contribution is 5.96. The Morgan fingerprint density at radius 1 is 0.764 bits per heavy atom. The highest BCUT2D eigenvalue weighted by Gasteiger charge is 2.33. The third kappa shape index (κ3) is 17.4. The minimum atomic E-state index is -0.631. The molecule has 25 heteroatoms. The van der Waals surface area contributed by atoms with Gasteiger partial charge in [-0.3, -0.25) is 19.7 Å². The van der Waals surface area contributed by atoms with E-state index in [1.807, 2.05) is 42.3 Å². The van der Waals surface area contributed by atoms with Gasteiger partial charge in [-0.15, -0.1) is 0 Å². The first kappa shape index (κ1) is 65.4. The largest absolute Gasteiger partial charge is 0.493 e. The number of likely N-dealkylation sites (N-methyl/N-ethyl adjacent to an activating group) is 4. The Morgan fingerprint density at radius 3 is 2.16 bits per heavy atom. The summed E-state index contributed by atoms with van der Waals surface area (Å²) in [6, 6.07) is 19.7. The molecule has 3 aromatic carbocycles. The van der Waals surface area contributed by atoms with Crippen LogP contribution < -0.4 is 34.5 Å². The van der Waals surface area contributed by atoms with E-state index in [1.165, 1.54) is 32.7 Å². The summed E-state index contributed by atoms with van der Waals surface area (Å²) in [6.45, 7) is 6.73. The number of ether oxygens (including phenoxy) is 7.